The van der Waals surface area contributed by atoms with Crippen LogP contribution in [-0.4, -0.2) is 12.7 Å². The third-order valence-corrected chi connectivity index (χ3v) is 6.24. The van der Waals surface area contributed by atoms with Gasteiger partial charge < -0.3 is 10.5 Å². The van der Waals surface area contributed by atoms with Crippen molar-refractivity contribution in [2.45, 2.75) is 37.3 Å². The summed E-state index contributed by atoms with van der Waals surface area (Å²) in [5.41, 5.74) is 7.72. The summed E-state index contributed by atoms with van der Waals surface area (Å²) < 4.78 is 8.13. The van der Waals surface area contributed by atoms with Gasteiger partial charge in [-0.2, -0.15) is 0 Å². The van der Waals surface area contributed by atoms with E-state index in [1.54, 1.807) is 11.3 Å². The average Bonchev–Trinajstić information content (AvgIpc) is 2.79. The van der Waals surface area contributed by atoms with Gasteiger partial charge >= 0.3 is 0 Å². The van der Waals surface area contributed by atoms with Crippen molar-refractivity contribution in [3.05, 3.63) is 33.6 Å². The van der Waals surface area contributed by atoms with Gasteiger partial charge in [0.05, 0.1) is 5.60 Å². The molecule has 4 heteroatoms. The van der Waals surface area contributed by atoms with E-state index in [1.807, 2.05) is 7.11 Å². The number of halogens is 1. The van der Waals surface area contributed by atoms with Gasteiger partial charge in [-0.3, -0.25) is 0 Å². The highest BCUT2D eigenvalue weighted by atomic mass is 79.9. The Morgan fingerprint density at radius 3 is 2.89 bits per heavy atom. The number of methoxy groups -OCH3 is 1. The molecule has 0 spiro atoms. The second-order valence-corrected chi connectivity index (χ2v) is 7.09. The van der Waals surface area contributed by atoms with Crippen LogP contribution in [0.5, 0.6) is 0 Å². The van der Waals surface area contributed by atoms with Crippen molar-refractivity contribution in [1.29, 1.82) is 0 Å². The van der Waals surface area contributed by atoms with Crippen LogP contribution in [0.1, 0.15) is 37.3 Å². The molecular formula is C15H18BrNOS. The van der Waals surface area contributed by atoms with Gasteiger partial charge in [0.1, 0.15) is 0 Å². The van der Waals surface area contributed by atoms with Crippen molar-refractivity contribution in [3.8, 4) is 0 Å². The maximum atomic E-state index is 6.44. The van der Waals surface area contributed by atoms with Crippen LogP contribution in [0.15, 0.2) is 28.1 Å². The van der Waals surface area contributed by atoms with Crippen LogP contribution in [0.3, 0.4) is 0 Å². The number of rotatable bonds is 4. The molecule has 1 atom stereocenters. The second kappa shape index (κ2) is 5.17. The lowest BCUT2D eigenvalue weighted by Gasteiger charge is -2.42. The molecule has 1 heterocycles. The molecule has 0 saturated heterocycles. The van der Waals surface area contributed by atoms with Gasteiger partial charge in [-0.1, -0.05) is 12.1 Å². The summed E-state index contributed by atoms with van der Waals surface area (Å²) in [4.78, 5) is 0. The summed E-state index contributed by atoms with van der Waals surface area (Å²) in [5.74, 6) is 0. The summed E-state index contributed by atoms with van der Waals surface area (Å²) in [6.45, 7) is 0. The molecule has 0 radical (unpaired) electrons. The quantitative estimate of drug-likeness (QED) is 0.881. The largest absolute Gasteiger partial charge is 0.378 e. The summed E-state index contributed by atoms with van der Waals surface area (Å²) in [6.07, 6.45) is 4.46. The van der Waals surface area contributed by atoms with Crippen LogP contribution in [0.2, 0.25) is 0 Å². The van der Waals surface area contributed by atoms with E-state index in [4.69, 9.17) is 10.5 Å². The summed E-state index contributed by atoms with van der Waals surface area (Å²) in [6, 6.07) is 6.37. The molecule has 2 aromatic rings. The molecule has 102 valence electrons. The number of nitrogens with two attached hydrogens (primary N) is 1. The third kappa shape index (κ3) is 2.35. The minimum atomic E-state index is 0.0275. The predicted octanol–water partition coefficient (Wildman–Crippen LogP) is 4.62. The maximum absolute atomic E-state index is 6.44. The zero-order chi connectivity index (χ0) is 13.5. The molecule has 1 fully saturated rings. The standard InChI is InChI=1S/C15H18BrNOS/c1-18-15(6-3-7-15)8-13(17)11-9-19-14-10(11)4-2-5-12(14)16/h2,4-5,9,13H,3,6-8,17H2,1H3. The Kier molecular flexibility index (Phi) is 3.69. The molecule has 3 rings (SSSR count). The van der Waals surface area contributed by atoms with Gasteiger partial charge in [-0.25, -0.2) is 0 Å². The van der Waals surface area contributed by atoms with E-state index in [9.17, 15) is 0 Å². The van der Waals surface area contributed by atoms with E-state index in [-0.39, 0.29) is 11.6 Å². The number of benzene rings is 1. The van der Waals surface area contributed by atoms with Crippen LogP contribution in [0.25, 0.3) is 10.1 Å². The molecule has 1 aromatic heterocycles. The fourth-order valence-electron chi connectivity index (χ4n) is 2.90. The van der Waals surface area contributed by atoms with Crippen LogP contribution in [0, 0.1) is 0 Å². The third-order valence-electron chi connectivity index (χ3n) is 4.27. The molecule has 0 amide bonds. The highest BCUT2D eigenvalue weighted by molar-refractivity contribution is 9.10. The minimum Gasteiger partial charge on any atom is -0.378 e. The molecule has 1 aliphatic carbocycles. The van der Waals surface area contributed by atoms with Gasteiger partial charge in [-0.15, -0.1) is 11.3 Å². The Bertz CT molecular complexity index is 585. The van der Waals surface area contributed by atoms with Crippen molar-refractivity contribution >= 4 is 37.4 Å². The number of hydrogen-bond acceptors (Lipinski definition) is 3. The van der Waals surface area contributed by atoms with Gasteiger partial charge in [0, 0.05) is 22.3 Å². The van der Waals surface area contributed by atoms with E-state index in [0.717, 1.165) is 23.7 Å². The Labute approximate surface area is 126 Å². The topological polar surface area (TPSA) is 35.2 Å². The first kappa shape index (κ1) is 13.6. The first-order chi connectivity index (χ1) is 9.15. The summed E-state index contributed by atoms with van der Waals surface area (Å²) >= 11 is 5.36. The molecule has 1 aromatic carbocycles. The fraction of sp³-hybridized carbons (Fsp3) is 0.467. The molecule has 2 N–H and O–H groups in total. The Morgan fingerprint density at radius 2 is 2.26 bits per heavy atom. The Hall–Kier alpha value is -0.420. The lowest BCUT2D eigenvalue weighted by atomic mass is 9.75. The van der Waals surface area contributed by atoms with E-state index in [1.165, 1.54) is 22.1 Å². The highest BCUT2D eigenvalue weighted by Gasteiger charge is 2.38. The van der Waals surface area contributed by atoms with E-state index in [2.05, 4.69) is 39.5 Å². The van der Waals surface area contributed by atoms with Crippen LogP contribution in [-0.2, 0) is 4.74 Å². The van der Waals surface area contributed by atoms with Crippen molar-refractivity contribution < 1.29 is 4.74 Å². The van der Waals surface area contributed by atoms with Gasteiger partial charge in [-0.05, 0) is 64.0 Å². The van der Waals surface area contributed by atoms with Crippen LogP contribution >= 0.6 is 27.3 Å². The van der Waals surface area contributed by atoms with E-state index >= 15 is 0 Å². The summed E-state index contributed by atoms with van der Waals surface area (Å²) in [5, 5.41) is 3.47. The van der Waals surface area contributed by atoms with Gasteiger partial charge in [0.2, 0.25) is 0 Å². The van der Waals surface area contributed by atoms with E-state index < -0.39 is 0 Å². The summed E-state index contributed by atoms with van der Waals surface area (Å²) in [7, 11) is 1.81. The average molecular weight is 340 g/mol. The zero-order valence-electron chi connectivity index (χ0n) is 11.0. The fourth-order valence-corrected chi connectivity index (χ4v) is 4.59. The van der Waals surface area contributed by atoms with Crippen molar-refractivity contribution in [2.75, 3.05) is 7.11 Å². The maximum Gasteiger partial charge on any atom is 0.0696 e. The van der Waals surface area contributed by atoms with Gasteiger partial charge in [0.15, 0.2) is 0 Å². The van der Waals surface area contributed by atoms with Gasteiger partial charge in [0.25, 0.3) is 0 Å². The lowest BCUT2D eigenvalue weighted by molar-refractivity contribution is -0.0816. The zero-order valence-corrected chi connectivity index (χ0v) is 13.4. The Balaban J connectivity index is 1.89. The normalized spacial score (nSPS) is 19.3. The minimum absolute atomic E-state index is 0.0275. The van der Waals surface area contributed by atoms with Crippen LogP contribution in [0.4, 0.5) is 0 Å². The molecule has 1 saturated carbocycles. The molecule has 1 aliphatic rings. The monoisotopic (exact) mass is 339 g/mol. The number of hydrogen-bond donors (Lipinski definition) is 1. The van der Waals surface area contributed by atoms with Crippen molar-refractivity contribution in [3.63, 3.8) is 0 Å². The Morgan fingerprint density at radius 1 is 1.47 bits per heavy atom. The van der Waals surface area contributed by atoms with Crippen molar-refractivity contribution in [2.24, 2.45) is 5.73 Å². The number of thiophene rings is 1. The smallest absolute Gasteiger partial charge is 0.0696 e. The lowest BCUT2D eigenvalue weighted by Crippen LogP contribution is -2.41. The molecule has 0 bridgehead atoms. The molecule has 0 aliphatic heterocycles. The number of fused-ring (bicyclic) bond motifs is 1. The second-order valence-electron chi connectivity index (χ2n) is 5.36. The first-order valence-corrected chi connectivity index (χ1v) is 8.29. The van der Waals surface area contributed by atoms with Crippen LogP contribution < -0.4 is 5.73 Å². The SMILES string of the molecule is COC1(CC(N)c2csc3c(Br)cccc23)CCC1. The van der Waals surface area contributed by atoms with Crippen molar-refractivity contribution in [1.82, 2.24) is 0 Å². The molecule has 1 unspecified atom stereocenters. The molecule has 2 nitrogen and oxygen atoms in total. The number of ether oxygens (including phenoxy) is 1. The first-order valence-electron chi connectivity index (χ1n) is 6.61. The highest BCUT2D eigenvalue weighted by Crippen LogP contribution is 2.43. The predicted molar refractivity (Wildman–Crippen MR) is 84.7 cm³/mol. The van der Waals surface area contributed by atoms with E-state index in [0.29, 0.717) is 0 Å². The molecular weight excluding hydrogens is 322 g/mol. The molecule has 19 heavy (non-hydrogen) atoms.